The normalized spacial score (nSPS) is 20.2. The van der Waals surface area contributed by atoms with Gasteiger partial charge in [-0.25, -0.2) is 0 Å². The van der Waals surface area contributed by atoms with Gasteiger partial charge in [0.15, 0.2) is 0 Å². The van der Waals surface area contributed by atoms with Gasteiger partial charge in [0.25, 0.3) is 5.91 Å². The van der Waals surface area contributed by atoms with E-state index < -0.39 is 11.9 Å². The van der Waals surface area contributed by atoms with Crippen molar-refractivity contribution < 1.29 is 14.4 Å². The van der Waals surface area contributed by atoms with Gasteiger partial charge >= 0.3 is 0 Å². The van der Waals surface area contributed by atoms with Gasteiger partial charge in [0.1, 0.15) is 22.5 Å². The first-order valence-corrected chi connectivity index (χ1v) is 10.4. The van der Waals surface area contributed by atoms with E-state index in [9.17, 15) is 14.4 Å². The van der Waals surface area contributed by atoms with Crippen molar-refractivity contribution in [2.24, 2.45) is 5.73 Å². The Labute approximate surface area is 182 Å². The highest BCUT2D eigenvalue weighted by Gasteiger charge is 2.34. The van der Waals surface area contributed by atoms with Crippen molar-refractivity contribution >= 4 is 45.1 Å². The molecule has 158 valence electrons. The molecule has 0 aliphatic carbocycles. The van der Waals surface area contributed by atoms with E-state index in [2.05, 4.69) is 31.9 Å². The molecule has 0 saturated carbocycles. The van der Waals surface area contributed by atoms with Crippen molar-refractivity contribution in [3.8, 4) is 0 Å². The maximum atomic E-state index is 12.8. The lowest BCUT2D eigenvalue weighted by molar-refractivity contribution is -0.136. The van der Waals surface area contributed by atoms with Crippen LogP contribution in [0.4, 0.5) is 5.69 Å². The molecule has 1 fully saturated rings. The minimum absolute atomic E-state index is 0.0671. The molecule has 2 aliphatic heterocycles. The van der Waals surface area contributed by atoms with Crippen LogP contribution in [0.15, 0.2) is 48.3 Å². The van der Waals surface area contributed by atoms with Gasteiger partial charge in [-0.15, -0.1) is 0 Å². The van der Waals surface area contributed by atoms with E-state index in [0.717, 1.165) is 6.42 Å². The highest BCUT2D eigenvalue weighted by molar-refractivity contribution is 9.09. The average Bonchev–Trinajstić information content (AvgIpc) is 3.22. The first kappa shape index (κ1) is 21.6. The van der Waals surface area contributed by atoms with Crippen molar-refractivity contribution in [2.75, 3.05) is 18.4 Å². The molecule has 3 rings (SSSR count). The molecule has 1 aromatic rings. The summed E-state index contributed by atoms with van der Waals surface area (Å²) in [7, 11) is 0. The molecule has 2 aliphatic rings. The van der Waals surface area contributed by atoms with E-state index in [1.165, 1.54) is 0 Å². The third-order valence-corrected chi connectivity index (χ3v) is 5.38. The number of nitrogens with zero attached hydrogens (tertiary/aromatic N) is 1. The number of dihydropyridines is 1. The number of carbonyl (C=O) groups excluding carboxylic acids is 3. The molecule has 2 atom stereocenters. The second-order valence-electron chi connectivity index (χ2n) is 6.88. The Morgan fingerprint density at radius 3 is 2.80 bits per heavy atom. The Morgan fingerprint density at radius 2 is 2.07 bits per heavy atom. The van der Waals surface area contributed by atoms with Gasteiger partial charge in [-0.2, -0.15) is 0 Å². The SMILES string of the molecule is N=C(C(N)=O)c1ccccc1NCC(=O)N1CCC[C@H]1C(=O)NC1=CC=CC(Br)N1. The summed E-state index contributed by atoms with van der Waals surface area (Å²) in [5.41, 5.74) is 5.65. The van der Waals surface area contributed by atoms with Gasteiger partial charge in [-0.1, -0.05) is 46.3 Å². The summed E-state index contributed by atoms with van der Waals surface area (Å²) in [6, 6.07) is 6.11. The number of benzene rings is 1. The van der Waals surface area contributed by atoms with Gasteiger partial charge in [0.05, 0.1) is 6.54 Å². The molecule has 30 heavy (non-hydrogen) atoms. The topological polar surface area (TPSA) is 140 Å². The first-order valence-electron chi connectivity index (χ1n) is 9.48. The maximum absolute atomic E-state index is 12.8. The number of amides is 3. The second-order valence-corrected chi connectivity index (χ2v) is 7.87. The molecule has 1 aromatic carbocycles. The van der Waals surface area contributed by atoms with Crippen molar-refractivity contribution in [1.29, 1.82) is 5.41 Å². The predicted octanol–water partition coefficient (Wildman–Crippen LogP) is 0.781. The lowest BCUT2D eigenvalue weighted by Crippen LogP contribution is -2.49. The molecule has 2 heterocycles. The minimum Gasteiger partial charge on any atom is -0.376 e. The molecule has 1 unspecified atom stereocenters. The Hall–Kier alpha value is -3.14. The number of hydrogen-bond acceptors (Lipinski definition) is 6. The monoisotopic (exact) mass is 474 g/mol. The van der Waals surface area contributed by atoms with E-state index in [1.807, 2.05) is 12.2 Å². The molecule has 10 heteroatoms. The summed E-state index contributed by atoms with van der Waals surface area (Å²) in [6.07, 6.45) is 6.79. The number of carbonyl (C=O) groups is 3. The van der Waals surface area contributed by atoms with Crippen LogP contribution in [0.2, 0.25) is 0 Å². The van der Waals surface area contributed by atoms with Gasteiger partial charge in [0, 0.05) is 17.8 Å². The molecular formula is C20H23BrN6O3. The standard InChI is InChI=1S/C20H23BrN6O3/c21-15-8-3-9-16(25-15)26-20(30)14-7-4-10-27(14)17(28)11-24-13-6-2-1-5-12(13)18(22)19(23)29/h1-3,5-6,8-9,14-15,22,24-25H,4,7,10-11H2,(H2,23,29)(H,26,30)/t14-,15?/m0/s1. The van der Waals surface area contributed by atoms with E-state index in [-0.39, 0.29) is 29.0 Å². The fourth-order valence-electron chi connectivity index (χ4n) is 3.39. The van der Waals surface area contributed by atoms with Crippen molar-refractivity contribution in [1.82, 2.24) is 15.5 Å². The summed E-state index contributed by atoms with van der Waals surface area (Å²) < 4.78 is 0. The molecule has 0 aromatic heterocycles. The van der Waals surface area contributed by atoms with E-state index in [0.29, 0.717) is 30.0 Å². The number of halogens is 1. The summed E-state index contributed by atoms with van der Waals surface area (Å²) in [5, 5.41) is 16.7. The number of rotatable bonds is 7. The Morgan fingerprint density at radius 1 is 1.30 bits per heavy atom. The number of likely N-dealkylation sites (tertiary alicyclic amines) is 1. The molecule has 0 bridgehead atoms. The predicted molar refractivity (Wildman–Crippen MR) is 117 cm³/mol. The molecular weight excluding hydrogens is 452 g/mol. The lowest BCUT2D eigenvalue weighted by Gasteiger charge is -2.26. The van der Waals surface area contributed by atoms with E-state index in [1.54, 1.807) is 35.2 Å². The Balaban J connectivity index is 1.62. The fraction of sp³-hybridized carbons (Fsp3) is 0.300. The molecule has 3 amide bonds. The smallest absolute Gasteiger partial charge is 0.267 e. The van der Waals surface area contributed by atoms with Crippen LogP contribution in [0.5, 0.6) is 0 Å². The highest BCUT2D eigenvalue weighted by Crippen LogP contribution is 2.20. The zero-order chi connectivity index (χ0) is 21.7. The highest BCUT2D eigenvalue weighted by atomic mass is 79.9. The number of anilines is 1. The third-order valence-electron chi connectivity index (χ3n) is 4.84. The van der Waals surface area contributed by atoms with Crippen LogP contribution in [0.25, 0.3) is 0 Å². The number of alkyl halides is 1. The summed E-state index contributed by atoms with van der Waals surface area (Å²) in [4.78, 5) is 38.3. The number of para-hydroxylation sites is 1. The summed E-state index contributed by atoms with van der Waals surface area (Å²) >= 11 is 3.40. The van der Waals surface area contributed by atoms with Gasteiger partial charge in [0.2, 0.25) is 11.8 Å². The molecule has 0 radical (unpaired) electrons. The third kappa shape index (κ3) is 5.07. The largest absolute Gasteiger partial charge is 0.376 e. The van der Waals surface area contributed by atoms with Crippen LogP contribution in [0.1, 0.15) is 18.4 Å². The molecule has 1 saturated heterocycles. The number of primary amides is 1. The quantitative estimate of drug-likeness (QED) is 0.225. The molecule has 9 nitrogen and oxygen atoms in total. The van der Waals surface area contributed by atoms with Crippen molar-refractivity contribution in [2.45, 2.75) is 23.8 Å². The second kappa shape index (κ2) is 9.57. The molecule has 0 spiro atoms. The Kier molecular flexibility index (Phi) is 6.88. The number of nitrogens with one attached hydrogen (secondary N) is 4. The molecule has 6 N–H and O–H groups in total. The van der Waals surface area contributed by atoms with Crippen molar-refractivity contribution in [3.63, 3.8) is 0 Å². The zero-order valence-electron chi connectivity index (χ0n) is 16.2. The lowest BCUT2D eigenvalue weighted by atomic mass is 10.1. The Bertz CT molecular complexity index is 929. The summed E-state index contributed by atoms with van der Waals surface area (Å²) in [5.74, 6) is -0.763. The average molecular weight is 475 g/mol. The van der Waals surface area contributed by atoms with Crippen LogP contribution in [-0.2, 0) is 14.4 Å². The van der Waals surface area contributed by atoms with E-state index in [4.69, 9.17) is 11.1 Å². The van der Waals surface area contributed by atoms with Crippen LogP contribution < -0.4 is 21.7 Å². The van der Waals surface area contributed by atoms with Crippen LogP contribution in [0, 0.1) is 5.41 Å². The van der Waals surface area contributed by atoms with Crippen LogP contribution in [-0.4, -0.2) is 52.4 Å². The zero-order valence-corrected chi connectivity index (χ0v) is 17.7. The first-order chi connectivity index (χ1) is 14.4. The number of nitrogens with two attached hydrogens (primary N) is 1. The maximum Gasteiger partial charge on any atom is 0.267 e. The van der Waals surface area contributed by atoms with E-state index >= 15 is 0 Å². The van der Waals surface area contributed by atoms with Gasteiger partial charge in [-0.3, -0.25) is 19.8 Å². The summed E-state index contributed by atoms with van der Waals surface area (Å²) in [6.45, 7) is 0.421. The fourth-order valence-corrected chi connectivity index (χ4v) is 3.81. The number of hydrogen-bond donors (Lipinski definition) is 5. The van der Waals surface area contributed by atoms with Gasteiger partial charge in [-0.05, 0) is 25.0 Å². The minimum atomic E-state index is -0.849. The number of allylic oxidation sites excluding steroid dienone is 2. The van der Waals surface area contributed by atoms with Crippen LogP contribution in [0.3, 0.4) is 0 Å². The van der Waals surface area contributed by atoms with Crippen LogP contribution >= 0.6 is 15.9 Å². The van der Waals surface area contributed by atoms with Crippen molar-refractivity contribution in [3.05, 3.63) is 53.9 Å². The van der Waals surface area contributed by atoms with Gasteiger partial charge < -0.3 is 26.6 Å².